The first kappa shape index (κ1) is 10.7. The van der Waals surface area contributed by atoms with Crippen molar-refractivity contribution in [3.8, 4) is 0 Å². The van der Waals surface area contributed by atoms with Gasteiger partial charge in [-0.05, 0) is 18.2 Å². The van der Waals surface area contributed by atoms with E-state index in [1.165, 1.54) is 12.1 Å². The second-order valence-corrected chi connectivity index (χ2v) is 4.29. The lowest BCUT2D eigenvalue weighted by Gasteiger charge is -2.26. The highest BCUT2D eigenvalue weighted by Crippen LogP contribution is 2.23. The summed E-state index contributed by atoms with van der Waals surface area (Å²) < 4.78 is 23.9. The van der Waals surface area contributed by atoms with Crippen LogP contribution in [0.3, 0.4) is 0 Å². The van der Waals surface area contributed by atoms with E-state index in [1.54, 1.807) is 12.3 Å². The van der Waals surface area contributed by atoms with E-state index in [1.807, 2.05) is 0 Å². The summed E-state index contributed by atoms with van der Waals surface area (Å²) in [5.41, 5.74) is 1.79. The quantitative estimate of drug-likeness (QED) is 0.799. The van der Waals surface area contributed by atoms with Gasteiger partial charge in [0.25, 0.3) is 0 Å². The smallest absolute Gasteiger partial charge is 0.134 e. The number of ether oxygens (including phenoxy) is 1. The zero-order valence-corrected chi connectivity index (χ0v) is 9.49. The number of fused-ring (bicyclic) bond motifs is 1. The molecule has 17 heavy (non-hydrogen) atoms. The molecule has 1 fully saturated rings. The minimum Gasteiger partial charge on any atom is -0.464 e. The fraction of sp³-hybridized carbons (Fsp3) is 0.385. The maximum absolute atomic E-state index is 13.2. The largest absolute Gasteiger partial charge is 0.464 e. The average Bonchev–Trinajstić information content (AvgIpc) is 2.73. The van der Waals surface area contributed by atoms with Gasteiger partial charge in [0.05, 0.1) is 19.5 Å². The van der Waals surface area contributed by atoms with Gasteiger partial charge < -0.3 is 9.15 Å². The van der Waals surface area contributed by atoms with Crippen molar-refractivity contribution in [2.24, 2.45) is 0 Å². The first-order chi connectivity index (χ1) is 8.33. The molecule has 90 valence electrons. The molecule has 2 heterocycles. The van der Waals surface area contributed by atoms with Crippen LogP contribution in [0.4, 0.5) is 4.39 Å². The van der Waals surface area contributed by atoms with Gasteiger partial charge in [0.1, 0.15) is 11.4 Å². The molecule has 1 aliphatic rings. The summed E-state index contributed by atoms with van der Waals surface area (Å²) in [5.74, 6) is -0.220. The Hall–Kier alpha value is -1.39. The first-order valence-electron chi connectivity index (χ1n) is 5.79. The van der Waals surface area contributed by atoms with Crippen molar-refractivity contribution in [1.29, 1.82) is 0 Å². The Kier molecular flexibility index (Phi) is 2.82. The molecule has 1 saturated heterocycles. The maximum atomic E-state index is 13.2. The van der Waals surface area contributed by atoms with Gasteiger partial charge in [0.15, 0.2) is 0 Å². The van der Waals surface area contributed by atoms with Crippen LogP contribution in [0.25, 0.3) is 11.0 Å². The van der Waals surface area contributed by atoms with E-state index < -0.39 is 0 Å². The molecule has 1 aromatic heterocycles. The second-order valence-electron chi connectivity index (χ2n) is 4.29. The highest BCUT2D eigenvalue weighted by molar-refractivity contribution is 5.80. The number of furan rings is 1. The molecule has 1 aliphatic heterocycles. The van der Waals surface area contributed by atoms with Gasteiger partial charge >= 0.3 is 0 Å². The van der Waals surface area contributed by atoms with Crippen molar-refractivity contribution in [2.75, 3.05) is 26.3 Å². The minimum absolute atomic E-state index is 0.220. The number of rotatable bonds is 2. The molecule has 0 bridgehead atoms. The van der Waals surface area contributed by atoms with E-state index in [0.29, 0.717) is 0 Å². The van der Waals surface area contributed by atoms with E-state index in [4.69, 9.17) is 9.15 Å². The molecule has 4 heteroatoms. The Bertz CT molecular complexity index is 517. The predicted octanol–water partition coefficient (Wildman–Crippen LogP) is 2.40. The second kappa shape index (κ2) is 4.47. The van der Waals surface area contributed by atoms with Crippen LogP contribution in [0.5, 0.6) is 0 Å². The van der Waals surface area contributed by atoms with E-state index in [2.05, 4.69) is 4.90 Å². The molecule has 0 unspecified atom stereocenters. The van der Waals surface area contributed by atoms with Crippen LogP contribution in [-0.2, 0) is 11.3 Å². The van der Waals surface area contributed by atoms with Gasteiger partial charge in [-0.2, -0.15) is 0 Å². The Morgan fingerprint density at radius 3 is 2.88 bits per heavy atom. The standard InChI is InChI=1S/C13H14FNO2/c14-11-1-2-13-12(7-11)10(9-17-13)8-15-3-5-16-6-4-15/h1-2,7,9H,3-6,8H2. The number of morpholine rings is 1. The monoisotopic (exact) mass is 235 g/mol. The molecule has 3 nitrogen and oxygen atoms in total. The van der Waals surface area contributed by atoms with Crippen LogP contribution in [0, 0.1) is 5.82 Å². The maximum Gasteiger partial charge on any atom is 0.134 e. The Labute approximate surface area is 98.8 Å². The van der Waals surface area contributed by atoms with Gasteiger partial charge in [-0.25, -0.2) is 4.39 Å². The number of hydrogen-bond donors (Lipinski definition) is 0. The molecule has 0 amide bonds. The Morgan fingerprint density at radius 2 is 2.06 bits per heavy atom. The Balaban J connectivity index is 1.86. The highest BCUT2D eigenvalue weighted by Gasteiger charge is 2.14. The van der Waals surface area contributed by atoms with Gasteiger partial charge in [0, 0.05) is 30.6 Å². The lowest BCUT2D eigenvalue weighted by atomic mass is 10.1. The van der Waals surface area contributed by atoms with Crippen LogP contribution in [0.2, 0.25) is 0 Å². The summed E-state index contributed by atoms with van der Waals surface area (Å²) in [4.78, 5) is 2.29. The van der Waals surface area contributed by atoms with Crippen molar-refractivity contribution in [3.63, 3.8) is 0 Å². The predicted molar refractivity (Wildman–Crippen MR) is 62.3 cm³/mol. The van der Waals surface area contributed by atoms with Crippen molar-refractivity contribution in [2.45, 2.75) is 6.54 Å². The lowest BCUT2D eigenvalue weighted by Crippen LogP contribution is -2.35. The normalized spacial score (nSPS) is 17.7. The van der Waals surface area contributed by atoms with Crippen LogP contribution in [0.1, 0.15) is 5.56 Å². The van der Waals surface area contributed by atoms with Crippen molar-refractivity contribution >= 4 is 11.0 Å². The third-order valence-electron chi connectivity index (χ3n) is 3.11. The van der Waals surface area contributed by atoms with E-state index in [-0.39, 0.29) is 5.82 Å². The first-order valence-corrected chi connectivity index (χ1v) is 5.79. The van der Waals surface area contributed by atoms with Crippen LogP contribution in [-0.4, -0.2) is 31.2 Å². The van der Waals surface area contributed by atoms with Gasteiger partial charge in [-0.15, -0.1) is 0 Å². The molecule has 2 aromatic rings. The van der Waals surface area contributed by atoms with E-state index >= 15 is 0 Å². The molecular formula is C13H14FNO2. The SMILES string of the molecule is Fc1ccc2occ(CN3CCOCC3)c2c1. The van der Waals surface area contributed by atoms with Gasteiger partial charge in [-0.1, -0.05) is 0 Å². The van der Waals surface area contributed by atoms with Crippen molar-refractivity contribution < 1.29 is 13.5 Å². The summed E-state index contributed by atoms with van der Waals surface area (Å²) in [6, 6.07) is 4.63. The Morgan fingerprint density at radius 1 is 1.24 bits per heavy atom. The van der Waals surface area contributed by atoms with Crippen molar-refractivity contribution in [3.05, 3.63) is 35.8 Å². The molecule has 0 aliphatic carbocycles. The van der Waals surface area contributed by atoms with Gasteiger partial charge in [-0.3, -0.25) is 4.90 Å². The van der Waals surface area contributed by atoms with Gasteiger partial charge in [0.2, 0.25) is 0 Å². The van der Waals surface area contributed by atoms with E-state index in [9.17, 15) is 4.39 Å². The number of nitrogens with zero attached hydrogens (tertiary/aromatic N) is 1. The van der Waals surface area contributed by atoms with E-state index in [0.717, 1.165) is 49.4 Å². The summed E-state index contributed by atoms with van der Waals surface area (Å²) >= 11 is 0. The molecule has 0 N–H and O–H groups in total. The zero-order chi connectivity index (χ0) is 11.7. The average molecular weight is 235 g/mol. The summed E-state index contributed by atoms with van der Waals surface area (Å²) in [7, 11) is 0. The summed E-state index contributed by atoms with van der Waals surface area (Å²) in [5, 5.41) is 0.872. The molecule has 0 atom stereocenters. The third kappa shape index (κ3) is 2.18. The van der Waals surface area contributed by atoms with Crippen LogP contribution < -0.4 is 0 Å². The van der Waals surface area contributed by atoms with Crippen LogP contribution in [0.15, 0.2) is 28.9 Å². The highest BCUT2D eigenvalue weighted by atomic mass is 19.1. The molecule has 3 rings (SSSR count). The fourth-order valence-electron chi connectivity index (χ4n) is 2.18. The lowest BCUT2D eigenvalue weighted by molar-refractivity contribution is 0.0342. The molecule has 0 radical (unpaired) electrons. The summed E-state index contributed by atoms with van der Waals surface area (Å²) in [6.45, 7) is 4.16. The third-order valence-corrected chi connectivity index (χ3v) is 3.11. The molecule has 0 saturated carbocycles. The number of halogens is 1. The van der Waals surface area contributed by atoms with Crippen molar-refractivity contribution in [1.82, 2.24) is 4.90 Å². The number of hydrogen-bond acceptors (Lipinski definition) is 3. The molecular weight excluding hydrogens is 221 g/mol. The zero-order valence-electron chi connectivity index (χ0n) is 9.49. The minimum atomic E-state index is -0.220. The fourth-order valence-corrected chi connectivity index (χ4v) is 2.18. The van der Waals surface area contributed by atoms with Crippen LogP contribution >= 0.6 is 0 Å². The number of benzene rings is 1. The topological polar surface area (TPSA) is 25.6 Å². The molecule has 0 spiro atoms. The summed E-state index contributed by atoms with van der Waals surface area (Å²) in [6.07, 6.45) is 1.72. The molecule has 1 aromatic carbocycles.